The van der Waals surface area contributed by atoms with Crippen molar-refractivity contribution in [1.29, 1.82) is 0 Å². The summed E-state index contributed by atoms with van der Waals surface area (Å²) < 4.78 is 21.8. The molecule has 0 aliphatic rings. The molecule has 1 aromatic carbocycles. The molecule has 0 aromatic heterocycles. The molecule has 0 aliphatic carbocycles. The Bertz CT molecular complexity index is 405. The highest BCUT2D eigenvalue weighted by atomic mass is 16.7. The molecule has 0 aliphatic heterocycles. The van der Waals surface area contributed by atoms with Crippen molar-refractivity contribution >= 4 is 0 Å². The second-order valence-corrected chi connectivity index (χ2v) is 4.86. The first-order chi connectivity index (χ1) is 9.51. The fourth-order valence-corrected chi connectivity index (χ4v) is 1.71. The third-order valence-electron chi connectivity index (χ3n) is 3.40. The van der Waals surface area contributed by atoms with Crippen LogP contribution >= 0.6 is 0 Å². The van der Waals surface area contributed by atoms with Gasteiger partial charge >= 0.3 is 0 Å². The van der Waals surface area contributed by atoms with Gasteiger partial charge < -0.3 is 18.9 Å². The van der Waals surface area contributed by atoms with Gasteiger partial charge in [0, 0.05) is 14.2 Å². The Labute approximate surface area is 122 Å². The maximum Gasteiger partial charge on any atom is 0.196 e. The number of ether oxygens (including phenoxy) is 4. The van der Waals surface area contributed by atoms with Crippen LogP contribution in [0.1, 0.15) is 45.6 Å². The SMILES string of the molecule is CCC(C)c1ccc(OC(C)OC)c(OC(C)OC)c1. The number of methoxy groups -OCH3 is 2. The zero-order valence-electron chi connectivity index (χ0n) is 13.3. The molecule has 4 heteroatoms. The molecule has 3 unspecified atom stereocenters. The number of rotatable bonds is 8. The minimum atomic E-state index is -0.331. The Hall–Kier alpha value is -1.26. The van der Waals surface area contributed by atoms with E-state index in [9.17, 15) is 0 Å². The lowest BCUT2D eigenvalue weighted by molar-refractivity contribution is -0.0553. The molecule has 0 heterocycles. The van der Waals surface area contributed by atoms with Crippen molar-refractivity contribution in [3.05, 3.63) is 23.8 Å². The molecule has 0 fully saturated rings. The standard InChI is InChI=1S/C16H26O4/c1-7-11(2)14-8-9-15(19-12(3)17-5)16(10-14)20-13(4)18-6/h8-13H,7H2,1-6H3. The second kappa shape index (κ2) is 8.12. The van der Waals surface area contributed by atoms with Gasteiger partial charge in [-0.15, -0.1) is 0 Å². The van der Waals surface area contributed by atoms with E-state index in [-0.39, 0.29) is 12.6 Å². The predicted octanol–water partition coefficient (Wildman–Crippen LogP) is 3.94. The summed E-state index contributed by atoms with van der Waals surface area (Å²) in [7, 11) is 3.22. The zero-order valence-corrected chi connectivity index (χ0v) is 13.3. The minimum Gasteiger partial charge on any atom is -0.461 e. The van der Waals surface area contributed by atoms with Gasteiger partial charge in [0.25, 0.3) is 0 Å². The Morgan fingerprint density at radius 1 is 0.900 bits per heavy atom. The fraction of sp³-hybridized carbons (Fsp3) is 0.625. The van der Waals surface area contributed by atoms with E-state index in [0.29, 0.717) is 17.4 Å². The van der Waals surface area contributed by atoms with E-state index < -0.39 is 0 Å². The van der Waals surface area contributed by atoms with Crippen molar-refractivity contribution in [2.24, 2.45) is 0 Å². The maximum absolute atomic E-state index is 5.77. The largest absolute Gasteiger partial charge is 0.461 e. The van der Waals surface area contributed by atoms with Crippen LogP contribution in [0.3, 0.4) is 0 Å². The monoisotopic (exact) mass is 282 g/mol. The molecule has 114 valence electrons. The quantitative estimate of drug-likeness (QED) is 0.677. The van der Waals surface area contributed by atoms with E-state index in [1.54, 1.807) is 14.2 Å². The van der Waals surface area contributed by atoms with Gasteiger partial charge in [-0.2, -0.15) is 0 Å². The van der Waals surface area contributed by atoms with Crippen LogP contribution in [0, 0.1) is 0 Å². The summed E-state index contributed by atoms with van der Waals surface area (Å²) >= 11 is 0. The van der Waals surface area contributed by atoms with Gasteiger partial charge in [0.2, 0.25) is 0 Å². The first-order valence-corrected chi connectivity index (χ1v) is 7.04. The van der Waals surface area contributed by atoms with Crippen molar-refractivity contribution in [1.82, 2.24) is 0 Å². The lowest BCUT2D eigenvalue weighted by Gasteiger charge is -2.20. The molecular formula is C16H26O4. The van der Waals surface area contributed by atoms with E-state index >= 15 is 0 Å². The Kier molecular flexibility index (Phi) is 6.82. The Balaban J connectivity index is 3.02. The molecule has 0 saturated carbocycles. The maximum atomic E-state index is 5.77. The van der Waals surface area contributed by atoms with E-state index in [1.807, 2.05) is 26.0 Å². The zero-order chi connectivity index (χ0) is 15.1. The van der Waals surface area contributed by atoms with Crippen molar-refractivity contribution in [3.8, 4) is 11.5 Å². The Morgan fingerprint density at radius 3 is 1.95 bits per heavy atom. The van der Waals surface area contributed by atoms with Gasteiger partial charge in [0.05, 0.1) is 0 Å². The van der Waals surface area contributed by atoms with Crippen LogP contribution in [0.2, 0.25) is 0 Å². The molecular weight excluding hydrogens is 256 g/mol. The first kappa shape index (κ1) is 16.8. The van der Waals surface area contributed by atoms with Crippen LogP contribution in [0.4, 0.5) is 0 Å². The number of benzene rings is 1. The van der Waals surface area contributed by atoms with Gasteiger partial charge in [0.1, 0.15) is 0 Å². The molecule has 0 amide bonds. The van der Waals surface area contributed by atoms with Crippen LogP contribution in [0.5, 0.6) is 11.5 Å². The summed E-state index contributed by atoms with van der Waals surface area (Å²) in [6.45, 7) is 8.04. The van der Waals surface area contributed by atoms with Crippen LogP contribution in [-0.4, -0.2) is 26.8 Å². The molecule has 1 rings (SSSR count). The molecule has 0 radical (unpaired) electrons. The van der Waals surface area contributed by atoms with Crippen molar-refractivity contribution in [2.45, 2.75) is 52.6 Å². The average molecular weight is 282 g/mol. The van der Waals surface area contributed by atoms with Gasteiger partial charge in [-0.1, -0.05) is 19.9 Å². The molecule has 1 aromatic rings. The van der Waals surface area contributed by atoms with Crippen LogP contribution < -0.4 is 9.47 Å². The van der Waals surface area contributed by atoms with E-state index in [1.165, 1.54) is 5.56 Å². The van der Waals surface area contributed by atoms with Crippen LogP contribution in [-0.2, 0) is 9.47 Å². The smallest absolute Gasteiger partial charge is 0.196 e. The lowest BCUT2D eigenvalue weighted by Crippen LogP contribution is -2.17. The second-order valence-electron chi connectivity index (χ2n) is 4.86. The van der Waals surface area contributed by atoms with Gasteiger partial charge in [0.15, 0.2) is 24.1 Å². The van der Waals surface area contributed by atoms with E-state index in [2.05, 4.69) is 19.9 Å². The summed E-state index contributed by atoms with van der Waals surface area (Å²) in [5.74, 6) is 1.82. The minimum absolute atomic E-state index is 0.329. The molecule has 3 atom stereocenters. The van der Waals surface area contributed by atoms with Gasteiger partial charge in [-0.25, -0.2) is 0 Å². The highest BCUT2D eigenvalue weighted by Crippen LogP contribution is 2.33. The average Bonchev–Trinajstić information content (AvgIpc) is 2.47. The van der Waals surface area contributed by atoms with Gasteiger partial charge in [-0.3, -0.25) is 0 Å². The summed E-state index contributed by atoms with van der Waals surface area (Å²) in [4.78, 5) is 0. The first-order valence-electron chi connectivity index (χ1n) is 7.04. The fourth-order valence-electron chi connectivity index (χ4n) is 1.71. The highest BCUT2D eigenvalue weighted by molar-refractivity contribution is 5.44. The third kappa shape index (κ3) is 4.69. The van der Waals surface area contributed by atoms with Crippen molar-refractivity contribution in [3.63, 3.8) is 0 Å². The molecule has 4 nitrogen and oxygen atoms in total. The lowest BCUT2D eigenvalue weighted by atomic mass is 9.98. The van der Waals surface area contributed by atoms with Gasteiger partial charge in [-0.05, 0) is 43.9 Å². The summed E-state index contributed by atoms with van der Waals surface area (Å²) in [5.41, 5.74) is 1.23. The van der Waals surface area contributed by atoms with Crippen LogP contribution in [0.25, 0.3) is 0 Å². The highest BCUT2D eigenvalue weighted by Gasteiger charge is 2.14. The number of hydrogen-bond donors (Lipinski definition) is 0. The predicted molar refractivity (Wildman–Crippen MR) is 79.3 cm³/mol. The molecule has 0 spiro atoms. The van der Waals surface area contributed by atoms with Crippen molar-refractivity contribution in [2.75, 3.05) is 14.2 Å². The van der Waals surface area contributed by atoms with E-state index in [0.717, 1.165) is 6.42 Å². The van der Waals surface area contributed by atoms with Crippen LogP contribution in [0.15, 0.2) is 18.2 Å². The summed E-state index contributed by atoms with van der Waals surface area (Å²) in [5, 5.41) is 0. The number of hydrogen-bond acceptors (Lipinski definition) is 4. The summed E-state index contributed by atoms with van der Waals surface area (Å²) in [6.07, 6.45) is 0.417. The van der Waals surface area contributed by atoms with E-state index in [4.69, 9.17) is 18.9 Å². The topological polar surface area (TPSA) is 36.9 Å². The Morgan fingerprint density at radius 2 is 1.45 bits per heavy atom. The molecule has 20 heavy (non-hydrogen) atoms. The molecule has 0 saturated heterocycles. The summed E-state index contributed by atoms with van der Waals surface area (Å²) in [6, 6.07) is 6.01. The normalized spacial score (nSPS) is 15.5. The molecule has 0 N–H and O–H groups in total. The third-order valence-corrected chi connectivity index (χ3v) is 3.40. The molecule has 0 bridgehead atoms. The van der Waals surface area contributed by atoms with Crippen molar-refractivity contribution < 1.29 is 18.9 Å².